The average Bonchev–Trinajstić information content (AvgIpc) is 2.50. The second-order valence-electron chi connectivity index (χ2n) is 6.04. The van der Waals surface area contributed by atoms with Gasteiger partial charge in [0, 0.05) is 6.20 Å². The molecule has 1 N–H and O–H groups in total. The molecule has 0 aliphatic rings. The molecular formula is C17H20FN4O2P. The van der Waals surface area contributed by atoms with Crippen LogP contribution in [0.3, 0.4) is 0 Å². The molecule has 0 spiro atoms. The Morgan fingerprint density at radius 2 is 1.92 bits per heavy atom. The van der Waals surface area contributed by atoms with Gasteiger partial charge in [0.1, 0.15) is 5.82 Å². The molecule has 3 aromatic heterocycles. The number of nitrogens with zero attached hydrogens (tertiary/aromatic N) is 3. The van der Waals surface area contributed by atoms with Gasteiger partial charge in [-0.3, -0.25) is 14.8 Å². The fraction of sp³-hybridized carbons (Fsp3) is 0.294. The third kappa shape index (κ3) is 3.12. The van der Waals surface area contributed by atoms with Gasteiger partial charge in [-0.2, -0.15) is 9.90 Å². The summed E-state index contributed by atoms with van der Waals surface area (Å²) in [4.78, 5) is 35.3. The third-order valence-corrected chi connectivity index (χ3v) is 3.94. The topological polar surface area (TPSA) is 80.6 Å². The fourth-order valence-corrected chi connectivity index (χ4v) is 2.71. The van der Waals surface area contributed by atoms with Gasteiger partial charge in [-0.25, -0.2) is 18.7 Å². The highest BCUT2D eigenvalue weighted by Gasteiger charge is 2.19. The van der Waals surface area contributed by atoms with Crippen molar-refractivity contribution in [3.05, 3.63) is 61.9 Å². The van der Waals surface area contributed by atoms with E-state index in [1.807, 2.05) is 20.8 Å². The van der Waals surface area contributed by atoms with E-state index in [0.717, 1.165) is 11.6 Å². The van der Waals surface area contributed by atoms with Gasteiger partial charge in [0.2, 0.25) is 0 Å². The van der Waals surface area contributed by atoms with Crippen LogP contribution in [0, 0.1) is 19.7 Å². The molecule has 6 nitrogen and oxygen atoms in total. The van der Waals surface area contributed by atoms with E-state index in [1.54, 1.807) is 12.3 Å². The first-order chi connectivity index (χ1) is 11.3. The van der Waals surface area contributed by atoms with E-state index in [9.17, 15) is 14.0 Å². The number of aromatic nitrogens is 4. The Hall–Kier alpha value is -2.40. The molecule has 3 heterocycles. The van der Waals surface area contributed by atoms with Gasteiger partial charge in [-0.15, -0.1) is 0 Å². The van der Waals surface area contributed by atoms with Crippen molar-refractivity contribution < 1.29 is 4.39 Å². The fourth-order valence-electron chi connectivity index (χ4n) is 2.71. The third-order valence-electron chi connectivity index (χ3n) is 3.94. The lowest BCUT2D eigenvalue weighted by atomic mass is 10.0. The molecule has 3 rings (SSSR count). The van der Waals surface area contributed by atoms with Crippen LogP contribution in [0.5, 0.6) is 0 Å². The molecule has 0 bridgehead atoms. The highest BCUT2D eigenvalue weighted by atomic mass is 31.0. The van der Waals surface area contributed by atoms with E-state index in [1.165, 1.54) is 11.5 Å². The van der Waals surface area contributed by atoms with Crippen molar-refractivity contribution in [1.82, 2.24) is 19.5 Å². The minimum absolute atomic E-state index is 0. The summed E-state index contributed by atoms with van der Waals surface area (Å²) in [5.41, 5.74) is 1.04. The quantitative estimate of drug-likeness (QED) is 0.710. The molecule has 0 aliphatic carbocycles. The predicted molar refractivity (Wildman–Crippen MR) is 100 cm³/mol. The van der Waals surface area contributed by atoms with Crippen LogP contribution in [0.15, 0.2) is 27.9 Å². The minimum atomic E-state index is -0.662. The van der Waals surface area contributed by atoms with Crippen molar-refractivity contribution in [2.75, 3.05) is 0 Å². The second-order valence-corrected chi connectivity index (χ2v) is 6.04. The Bertz CT molecular complexity index is 1070. The molecule has 0 amide bonds. The summed E-state index contributed by atoms with van der Waals surface area (Å²) >= 11 is 0. The molecule has 1 unspecified atom stereocenters. The van der Waals surface area contributed by atoms with Crippen molar-refractivity contribution >= 4 is 20.9 Å². The SMILES string of the molecule is Cc1ccnc(C(C)C)c1-n1c(=O)[nH]c(=O)c2cc(F)c(C)nc21.P. The van der Waals surface area contributed by atoms with Crippen LogP contribution in [0.1, 0.15) is 36.7 Å². The van der Waals surface area contributed by atoms with E-state index in [0.29, 0.717) is 11.4 Å². The Labute approximate surface area is 146 Å². The first-order valence-corrected chi connectivity index (χ1v) is 7.59. The van der Waals surface area contributed by atoms with Crippen LogP contribution < -0.4 is 11.2 Å². The van der Waals surface area contributed by atoms with Gasteiger partial charge < -0.3 is 0 Å². The number of hydrogen-bond acceptors (Lipinski definition) is 4. The van der Waals surface area contributed by atoms with Gasteiger partial charge in [-0.1, -0.05) is 13.8 Å². The first kappa shape index (κ1) is 18.9. The number of pyridine rings is 2. The van der Waals surface area contributed by atoms with Crippen molar-refractivity contribution in [1.29, 1.82) is 0 Å². The van der Waals surface area contributed by atoms with Crippen LogP contribution in [-0.4, -0.2) is 19.5 Å². The maximum Gasteiger partial charge on any atom is 0.334 e. The molecule has 25 heavy (non-hydrogen) atoms. The van der Waals surface area contributed by atoms with Crippen LogP contribution >= 0.6 is 9.90 Å². The van der Waals surface area contributed by atoms with Gasteiger partial charge in [0.15, 0.2) is 5.65 Å². The van der Waals surface area contributed by atoms with Gasteiger partial charge in [-0.05, 0) is 37.5 Å². The predicted octanol–water partition coefficient (Wildman–Crippen LogP) is 2.41. The summed E-state index contributed by atoms with van der Waals surface area (Å²) in [5, 5.41) is 0.0238. The summed E-state index contributed by atoms with van der Waals surface area (Å²) in [6.45, 7) is 7.26. The van der Waals surface area contributed by atoms with Crippen LogP contribution in [-0.2, 0) is 0 Å². The molecule has 0 saturated heterocycles. The molecule has 0 fully saturated rings. The van der Waals surface area contributed by atoms with Gasteiger partial charge in [0.25, 0.3) is 5.56 Å². The van der Waals surface area contributed by atoms with Crippen molar-refractivity contribution in [2.45, 2.75) is 33.6 Å². The number of fused-ring (bicyclic) bond motifs is 1. The zero-order valence-electron chi connectivity index (χ0n) is 14.6. The molecular weight excluding hydrogens is 342 g/mol. The Balaban J connectivity index is 0.00000225. The van der Waals surface area contributed by atoms with Crippen molar-refractivity contribution in [3.8, 4) is 5.69 Å². The van der Waals surface area contributed by atoms with Gasteiger partial charge in [0.05, 0.1) is 22.5 Å². The summed E-state index contributed by atoms with van der Waals surface area (Å²) < 4.78 is 15.1. The molecule has 0 aromatic carbocycles. The van der Waals surface area contributed by atoms with E-state index in [4.69, 9.17) is 0 Å². The van der Waals surface area contributed by atoms with Crippen molar-refractivity contribution in [3.63, 3.8) is 0 Å². The number of halogens is 1. The number of hydrogen-bond donors (Lipinski definition) is 1. The molecule has 1 atom stereocenters. The van der Waals surface area contributed by atoms with Crippen LogP contribution in [0.4, 0.5) is 4.39 Å². The number of rotatable bonds is 2. The Kier molecular flexibility index (Phi) is 5.18. The lowest BCUT2D eigenvalue weighted by molar-refractivity contribution is 0.611. The number of H-pyrrole nitrogens is 1. The lowest BCUT2D eigenvalue weighted by Crippen LogP contribution is -2.31. The largest absolute Gasteiger partial charge is 0.334 e. The molecule has 3 aromatic rings. The monoisotopic (exact) mass is 362 g/mol. The highest BCUT2D eigenvalue weighted by Crippen LogP contribution is 2.25. The Morgan fingerprint density at radius 3 is 2.56 bits per heavy atom. The number of aromatic amines is 1. The zero-order chi connectivity index (χ0) is 17.6. The maximum absolute atomic E-state index is 13.8. The first-order valence-electron chi connectivity index (χ1n) is 7.59. The summed E-state index contributed by atoms with van der Waals surface area (Å²) in [7, 11) is 0. The summed E-state index contributed by atoms with van der Waals surface area (Å²) in [5.74, 6) is -0.541. The Morgan fingerprint density at radius 1 is 1.24 bits per heavy atom. The zero-order valence-corrected chi connectivity index (χ0v) is 16.0. The van der Waals surface area contributed by atoms with Crippen LogP contribution in [0.2, 0.25) is 0 Å². The number of aryl methyl sites for hydroxylation is 2. The second kappa shape index (κ2) is 6.84. The molecule has 0 radical (unpaired) electrons. The van der Waals surface area contributed by atoms with E-state index in [2.05, 4.69) is 15.0 Å². The smallest absolute Gasteiger partial charge is 0.273 e. The van der Waals surface area contributed by atoms with E-state index in [-0.39, 0.29) is 32.5 Å². The van der Waals surface area contributed by atoms with Gasteiger partial charge >= 0.3 is 5.69 Å². The standard InChI is InChI=1S/C17H17FN4O2.H3P/c1-8(2)13-14(9(3)5-6-19-13)22-15-11(16(23)21-17(22)24)7-12(18)10(4)20-15;/h5-8H,1-4H3,(H,21,23,24);1H3. The van der Waals surface area contributed by atoms with Crippen molar-refractivity contribution in [2.24, 2.45) is 0 Å². The van der Waals surface area contributed by atoms with E-state index >= 15 is 0 Å². The summed E-state index contributed by atoms with van der Waals surface area (Å²) in [6, 6.07) is 2.88. The molecule has 0 aliphatic heterocycles. The highest BCUT2D eigenvalue weighted by molar-refractivity contribution is 6.92. The summed E-state index contributed by atoms with van der Waals surface area (Å²) in [6.07, 6.45) is 1.67. The normalized spacial score (nSPS) is 11.0. The van der Waals surface area contributed by atoms with E-state index < -0.39 is 17.1 Å². The lowest BCUT2D eigenvalue weighted by Gasteiger charge is -2.17. The molecule has 0 saturated carbocycles. The van der Waals surface area contributed by atoms with Crippen LogP contribution in [0.25, 0.3) is 16.7 Å². The minimum Gasteiger partial charge on any atom is -0.273 e. The maximum atomic E-state index is 13.8. The average molecular weight is 362 g/mol. The molecule has 8 heteroatoms. The number of nitrogens with one attached hydrogen (secondary N) is 1. The molecule has 132 valence electrons.